The minimum atomic E-state index is 0.707. The second-order valence-corrected chi connectivity index (χ2v) is 4.65. The third kappa shape index (κ3) is 2.59. The van der Waals surface area contributed by atoms with E-state index in [1.807, 2.05) is 18.2 Å². The molecule has 2 rings (SSSR count). The molecule has 1 aromatic heterocycles. The molecule has 0 saturated heterocycles. The molecular formula is C12H15BrN2. The summed E-state index contributed by atoms with van der Waals surface area (Å²) in [6.07, 6.45) is 2.20. The maximum absolute atomic E-state index is 4.55. The summed E-state index contributed by atoms with van der Waals surface area (Å²) in [6, 6.07) is 8.17. The Balaban J connectivity index is 2.09. The molecule has 80 valence electrons. The highest BCUT2D eigenvalue weighted by molar-refractivity contribution is 9.09. The molecule has 1 aromatic carbocycles. The molecule has 1 atom stereocenters. The summed E-state index contributed by atoms with van der Waals surface area (Å²) in [7, 11) is 0. The van der Waals surface area contributed by atoms with Gasteiger partial charge in [-0.3, -0.25) is 0 Å². The number of fused-ring (bicyclic) bond motifs is 1. The van der Waals surface area contributed by atoms with Gasteiger partial charge in [0.1, 0.15) is 5.82 Å². The Hall–Kier alpha value is -0.830. The van der Waals surface area contributed by atoms with Crippen molar-refractivity contribution in [1.29, 1.82) is 0 Å². The predicted molar refractivity (Wildman–Crippen MR) is 67.4 cm³/mol. The molecule has 0 bridgehead atoms. The number of aromatic nitrogens is 2. The van der Waals surface area contributed by atoms with E-state index in [0.29, 0.717) is 5.92 Å². The first-order chi connectivity index (χ1) is 7.29. The van der Waals surface area contributed by atoms with Crippen LogP contribution in [0.3, 0.4) is 0 Å². The fourth-order valence-corrected chi connectivity index (χ4v) is 1.91. The van der Waals surface area contributed by atoms with E-state index < -0.39 is 0 Å². The highest BCUT2D eigenvalue weighted by atomic mass is 79.9. The molecule has 0 aliphatic carbocycles. The van der Waals surface area contributed by atoms with Gasteiger partial charge in [-0.25, -0.2) is 4.98 Å². The molecule has 2 nitrogen and oxygen atoms in total. The Morgan fingerprint density at radius 1 is 1.40 bits per heavy atom. The quantitative estimate of drug-likeness (QED) is 0.843. The topological polar surface area (TPSA) is 28.7 Å². The number of benzene rings is 1. The van der Waals surface area contributed by atoms with Crippen molar-refractivity contribution in [3.8, 4) is 0 Å². The highest BCUT2D eigenvalue weighted by Crippen LogP contribution is 2.14. The number of H-pyrrole nitrogens is 1. The normalized spacial score (nSPS) is 13.2. The smallest absolute Gasteiger partial charge is 0.107 e. The molecule has 2 aromatic rings. The highest BCUT2D eigenvalue weighted by Gasteiger charge is 2.04. The first-order valence-electron chi connectivity index (χ1n) is 5.29. The molecule has 1 heterocycles. The van der Waals surface area contributed by atoms with Crippen molar-refractivity contribution < 1.29 is 0 Å². The van der Waals surface area contributed by atoms with Gasteiger partial charge in [0.25, 0.3) is 0 Å². The van der Waals surface area contributed by atoms with Crippen LogP contribution in [0.25, 0.3) is 11.0 Å². The van der Waals surface area contributed by atoms with Gasteiger partial charge in [0.2, 0.25) is 0 Å². The predicted octanol–water partition coefficient (Wildman–Crippen LogP) is 3.53. The first-order valence-corrected chi connectivity index (χ1v) is 6.41. The van der Waals surface area contributed by atoms with Crippen LogP contribution in [0.2, 0.25) is 0 Å². The average molecular weight is 267 g/mol. The number of nitrogens with one attached hydrogen (secondary N) is 1. The fourth-order valence-electron chi connectivity index (χ4n) is 1.58. The van der Waals surface area contributed by atoms with Crippen molar-refractivity contribution in [2.45, 2.75) is 19.8 Å². The van der Waals surface area contributed by atoms with Gasteiger partial charge < -0.3 is 4.98 Å². The number of para-hydroxylation sites is 2. The third-order valence-corrected chi connectivity index (χ3v) is 3.68. The van der Waals surface area contributed by atoms with E-state index in [9.17, 15) is 0 Å². The van der Waals surface area contributed by atoms with E-state index in [1.165, 1.54) is 6.42 Å². The van der Waals surface area contributed by atoms with Crippen LogP contribution >= 0.6 is 15.9 Å². The van der Waals surface area contributed by atoms with Gasteiger partial charge in [-0.1, -0.05) is 35.0 Å². The minimum Gasteiger partial charge on any atom is -0.342 e. The zero-order chi connectivity index (χ0) is 10.7. The van der Waals surface area contributed by atoms with Gasteiger partial charge in [-0.15, -0.1) is 0 Å². The second-order valence-electron chi connectivity index (χ2n) is 4.00. The third-order valence-electron chi connectivity index (χ3n) is 2.58. The lowest BCUT2D eigenvalue weighted by Gasteiger charge is -2.04. The van der Waals surface area contributed by atoms with E-state index in [0.717, 1.165) is 28.6 Å². The molecule has 0 amide bonds. The Morgan fingerprint density at radius 3 is 2.93 bits per heavy atom. The number of aryl methyl sites for hydroxylation is 1. The van der Waals surface area contributed by atoms with Crippen molar-refractivity contribution in [3.05, 3.63) is 30.1 Å². The zero-order valence-corrected chi connectivity index (χ0v) is 10.4. The van der Waals surface area contributed by atoms with E-state index in [1.54, 1.807) is 0 Å². The number of nitrogens with zero attached hydrogens (tertiary/aromatic N) is 1. The molecule has 0 aliphatic heterocycles. The molecule has 15 heavy (non-hydrogen) atoms. The summed E-state index contributed by atoms with van der Waals surface area (Å²) in [4.78, 5) is 7.90. The van der Waals surface area contributed by atoms with Crippen LogP contribution < -0.4 is 0 Å². The summed E-state index contributed by atoms with van der Waals surface area (Å²) in [5, 5.41) is 1.06. The number of aromatic amines is 1. The molecule has 1 unspecified atom stereocenters. The lowest BCUT2D eigenvalue weighted by atomic mass is 10.1. The Morgan fingerprint density at radius 2 is 2.20 bits per heavy atom. The number of alkyl halides is 1. The Kier molecular flexibility index (Phi) is 3.41. The van der Waals surface area contributed by atoms with Crippen molar-refractivity contribution in [1.82, 2.24) is 9.97 Å². The van der Waals surface area contributed by atoms with E-state index >= 15 is 0 Å². The molecule has 0 fully saturated rings. The van der Waals surface area contributed by atoms with Gasteiger partial charge in [0.05, 0.1) is 11.0 Å². The Bertz CT molecular complexity index is 403. The monoisotopic (exact) mass is 266 g/mol. The maximum atomic E-state index is 4.55. The number of imidazole rings is 1. The van der Waals surface area contributed by atoms with E-state index in [4.69, 9.17) is 0 Å². The standard InChI is InChI=1S/C12H15BrN2/c1-9(8-13)6-7-12-14-10-4-2-3-5-11(10)15-12/h2-5,9H,6-8H2,1H3,(H,14,15). The summed E-state index contributed by atoms with van der Waals surface area (Å²) in [5.74, 6) is 1.81. The Labute approximate surface area is 98.2 Å². The number of halogens is 1. The van der Waals surface area contributed by atoms with Crippen molar-refractivity contribution in [2.24, 2.45) is 5.92 Å². The van der Waals surface area contributed by atoms with Gasteiger partial charge in [0.15, 0.2) is 0 Å². The largest absolute Gasteiger partial charge is 0.342 e. The number of hydrogen-bond donors (Lipinski definition) is 1. The number of rotatable bonds is 4. The molecule has 3 heteroatoms. The van der Waals surface area contributed by atoms with Gasteiger partial charge >= 0.3 is 0 Å². The van der Waals surface area contributed by atoms with Crippen LogP contribution in [-0.2, 0) is 6.42 Å². The van der Waals surface area contributed by atoms with Crippen LogP contribution in [0.5, 0.6) is 0 Å². The summed E-state index contributed by atoms with van der Waals surface area (Å²) in [6.45, 7) is 2.25. The van der Waals surface area contributed by atoms with Gasteiger partial charge in [-0.2, -0.15) is 0 Å². The molecule has 0 aliphatic rings. The average Bonchev–Trinajstić information content (AvgIpc) is 2.68. The first kappa shape index (κ1) is 10.7. The molecule has 0 saturated carbocycles. The maximum Gasteiger partial charge on any atom is 0.107 e. The lowest BCUT2D eigenvalue weighted by molar-refractivity contribution is 0.590. The van der Waals surface area contributed by atoms with E-state index in [-0.39, 0.29) is 0 Å². The zero-order valence-electron chi connectivity index (χ0n) is 8.83. The summed E-state index contributed by atoms with van der Waals surface area (Å²) >= 11 is 3.49. The number of hydrogen-bond acceptors (Lipinski definition) is 1. The molecule has 1 N–H and O–H groups in total. The summed E-state index contributed by atoms with van der Waals surface area (Å²) < 4.78 is 0. The lowest BCUT2D eigenvalue weighted by Crippen LogP contribution is -1.99. The van der Waals surface area contributed by atoms with Crippen molar-refractivity contribution in [2.75, 3.05) is 5.33 Å². The van der Waals surface area contributed by atoms with Gasteiger partial charge in [0, 0.05) is 11.8 Å². The molecular weight excluding hydrogens is 252 g/mol. The van der Waals surface area contributed by atoms with Crippen LogP contribution in [0.1, 0.15) is 19.2 Å². The van der Waals surface area contributed by atoms with E-state index in [2.05, 4.69) is 38.9 Å². The van der Waals surface area contributed by atoms with Gasteiger partial charge in [-0.05, 0) is 24.5 Å². The van der Waals surface area contributed by atoms with Crippen LogP contribution in [0.4, 0.5) is 0 Å². The molecule has 0 radical (unpaired) electrons. The SMILES string of the molecule is CC(CBr)CCc1nc2ccccc2[nH]1. The second kappa shape index (κ2) is 4.79. The van der Waals surface area contributed by atoms with Crippen LogP contribution in [0, 0.1) is 5.92 Å². The summed E-state index contributed by atoms with van der Waals surface area (Å²) in [5.41, 5.74) is 2.21. The van der Waals surface area contributed by atoms with Crippen molar-refractivity contribution >= 4 is 27.0 Å². The molecule has 0 spiro atoms. The van der Waals surface area contributed by atoms with Crippen molar-refractivity contribution in [3.63, 3.8) is 0 Å². The minimum absolute atomic E-state index is 0.707. The van der Waals surface area contributed by atoms with Crippen LogP contribution in [0.15, 0.2) is 24.3 Å². The van der Waals surface area contributed by atoms with Crippen LogP contribution in [-0.4, -0.2) is 15.3 Å². The fraction of sp³-hybridized carbons (Fsp3) is 0.417.